The number of nitrogens with zero attached hydrogens (tertiary/aromatic N) is 1. The molecule has 1 saturated heterocycles. The third-order valence-electron chi connectivity index (χ3n) is 3.69. The fraction of sp³-hybridized carbons (Fsp3) is 0.333. The minimum atomic E-state index is -1.40. The molecule has 0 unspecified atom stereocenters. The van der Waals surface area contributed by atoms with Crippen LogP contribution < -0.4 is 5.32 Å². The quantitative estimate of drug-likeness (QED) is 0.876. The van der Waals surface area contributed by atoms with Crippen molar-refractivity contribution < 1.29 is 13.2 Å². The molecule has 0 amide bonds. The first-order chi connectivity index (χ1) is 10.2. The molecule has 1 aliphatic rings. The fourth-order valence-electron chi connectivity index (χ4n) is 2.67. The number of hydrogen-bond donors (Lipinski definition) is 1. The molecule has 0 spiro atoms. The highest BCUT2D eigenvalue weighted by Gasteiger charge is 2.29. The first-order valence-electron chi connectivity index (χ1n) is 6.80. The minimum absolute atomic E-state index is 0.193. The van der Waals surface area contributed by atoms with Gasteiger partial charge in [-0.1, -0.05) is 12.1 Å². The van der Waals surface area contributed by atoms with E-state index in [1.807, 2.05) is 17.5 Å². The summed E-state index contributed by atoms with van der Waals surface area (Å²) in [6.07, 6.45) is 0. The number of rotatable bonds is 3. The van der Waals surface area contributed by atoms with Crippen molar-refractivity contribution in [2.24, 2.45) is 0 Å². The molecule has 0 saturated carbocycles. The van der Waals surface area contributed by atoms with E-state index < -0.39 is 17.5 Å². The normalized spacial score (nSPS) is 17.9. The maximum absolute atomic E-state index is 14.2. The van der Waals surface area contributed by atoms with Crippen LogP contribution in [0.5, 0.6) is 0 Å². The molecular weight excluding hydrogens is 297 g/mol. The van der Waals surface area contributed by atoms with Crippen molar-refractivity contribution in [2.45, 2.75) is 6.04 Å². The Balaban J connectivity index is 2.05. The molecule has 21 heavy (non-hydrogen) atoms. The first-order valence-corrected chi connectivity index (χ1v) is 7.68. The standard InChI is InChI=1S/C15H15F3N2S/c16-11-4-3-10(13(17)14(11)18)15(12-2-1-9-21-12)20-7-5-19-6-8-20/h1-4,9,15,19H,5-8H2/t15-/m1/s1. The minimum Gasteiger partial charge on any atom is -0.314 e. The van der Waals surface area contributed by atoms with Gasteiger partial charge in [0.05, 0.1) is 6.04 Å². The van der Waals surface area contributed by atoms with E-state index in [1.165, 1.54) is 17.4 Å². The third kappa shape index (κ3) is 2.84. The second kappa shape index (κ2) is 6.17. The van der Waals surface area contributed by atoms with Crippen LogP contribution in [0.4, 0.5) is 13.2 Å². The number of hydrogen-bond acceptors (Lipinski definition) is 3. The van der Waals surface area contributed by atoms with E-state index in [-0.39, 0.29) is 11.6 Å². The topological polar surface area (TPSA) is 15.3 Å². The Morgan fingerprint density at radius 1 is 1.05 bits per heavy atom. The molecule has 1 fully saturated rings. The molecule has 1 aromatic heterocycles. The van der Waals surface area contributed by atoms with Crippen molar-refractivity contribution in [1.82, 2.24) is 10.2 Å². The van der Waals surface area contributed by atoms with Gasteiger partial charge in [-0.05, 0) is 17.5 Å². The Morgan fingerprint density at radius 2 is 1.81 bits per heavy atom. The maximum Gasteiger partial charge on any atom is 0.194 e. The van der Waals surface area contributed by atoms with Gasteiger partial charge in [-0.3, -0.25) is 4.90 Å². The summed E-state index contributed by atoms with van der Waals surface area (Å²) in [7, 11) is 0. The average Bonchev–Trinajstić information content (AvgIpc) is 3.03. The number of benzene rings is 1. The van der Waals surface area contributed by atoms with Crippen LogP contribution in [0.2, 0.25) is 0 Å². The van der Waals surface area contributed by atoms with Crippen LogP contribution in [0.15, 0.2) is 29.6 Å². The summed E-state index contributed by atoms with van der Waals surface area (Å²) in [5.41, 5.74) is 0.193. The zero-order valence-corrected chi connectivity index (χ0v) is 12.1. The smallest absolute Gasteiger partial charge is 0.194 e. The molecule has 0 radical (unpaired) electrons. The summed E-state index contributed by atoms with van der Waals surface area (Å²) in [5, 5.41) is 5.14. The molecule has 3 rings (SSSR count). The van der Waals surface area contributed by atoms with E-state index in [4.69, 9.17) is 0 Å². The van der Waals surface area contributed by atoms with Crippen LogP contribution in [0.25, 0.3) is 0 Å². The summed E-state index contributed by atoms with van der Waals surface area (Å²) in [6.45, 7) is 3.07. The molecule has 2 nitrogen and oxygen atoms in total. The van der Waals surface area contributed by atoms with Gasteiger partial charge in [0.25, 0.3) is 0 Å². The number of thiophene rings is 1. The van der Waals surface area contributed by atoms with E-state index in [0.717, 1.165) is 37.1 Å². The van der Waals surface area contributed by atoms with Crippen LogP contribution in [0, 0.1) is 17.5 Å². The number of halogens is 3. The van der Waals surface area contributed by atoms with Gasteiger partial charge >= 0.3 is 0 Å². The van der Waals surface area contributed by atoms with Gasteiger partial charge in [-0.15, -0.1) is 11.3 Å². The van der Waals surface area contributed by atoms with Crippen molar-refractivity contribution in [3.8, 4) is 0 Å². The van der Waals surface area contributed by atoms with Gasteiger partial charge in [0.1, 0.15) is 0 Å². The van der Waals surface area contributed by atoms with Crippen LogP contribution in [-0.4, -0.2) is 31.1 Å². The zero-order chi connectivity index (χ0) is 14.8. The third-order valence-corrected chi connectivity index (χ3v) is 4.61. The highest BCUT2D eigenvalue weighted by Crippen LogP contribution is 2.34. The van der Waals surface area contributed by atoms with Gasteiger partial charge in [-0.2, -0.15) is 0 Å². The maximum atomic E-state index is 14.2. The summed E-state index contributed by atoms with van der Waals surface area (Å²) in [4.78, 5) is 3.03. The molecule has 2 heterocycles. The Morgan fingerprint density at radius 3 is 2.48 bits per heavy atom. The molecule has 0 aliphatic carbocycles. The summed E-state index contributed by atoms with van der Waals surface area (Å²) < 4.78 is 41.0. The average molecular weight is 312 g/mol. The summed E-state index contributed by atoms with van der Waals surface area (Å²) in [5.74, 6) is -3.64. The van der Waals surface area contributed by atoms with E-state index in [1.54, 1.807) is 0 Å². The number of nitrogens with one attached hydrogen (secondary N) is 1. The Kier molecular flexibility index (Phi) is 4.28. The van der Waals surface area contributed by atoms with E-state index in [0.29, 0.717) is 0 Å². The van der Waals surface area contributed by atoms with E-state index in [2.05, 4.69) is 10.2 Å². The molecule has 2 aromatic rings. The highest BCUT2D eigenvalue weighted by molar-refractivity contribution is 7.10. The summed E-state index contributed by atoms with van der Waals surface area (Å²) in [6, 6.07) is 5.75. The molecule has 6 heteroatoms. The zero-order valence-electron chi connectivity index (χ0n) is 11.3. The molecule has 112 valence electrons. The lowest BCUT2D eigenvalue weighted by Gasteiger charge is -2.34. The highest BCUT2D eigenvalue weighted by atomic mass is 32.1. The summed E-state index contributed by atoms with van der Waals surface area (Å²) >= 11 is 1.49. The lowest BCUT2D eigenvalue weighted by atomic mass is 10.0. The van der Waals surface area contributed by atoms with Gasteiger partial charge in [0, 0.05) is 36.6 Å². The van der Waals surface area contributed by atoms with Crippen LogP contribution in [0.1, 0.15) is 16.5 Å². The Hall–Kier alpha value is -1.37. The molecule has 1 aromatic carbocycles. The Bertz CT molecular complexity index is 610. The largest absolute Gasteiger partial charge is 0.314 e. The molecular formula is C15H15F3N2S. The predicted octanol–water partition coefficient (Wildman–Crippen LogP) is 3.16. The fourth-order valence-corrected chi connectivity index (χ4v) is 3.55. The molecule has 1 aliphatic heterocycles. The van der Waals surface area contributed by atoms with Gasteiger partial charge in [0.15, 0.2) is 17.5 Å². The lowest BCUT2D eigenvalue weighted by Crippen LogP contribution is -2.45. The van der Waals surface area contributed by atoms with Gasteiger partial charge < -0.3 is 5.32 Å². The van der Waals surface area contributed by atoms with Crippen molar-refractivity contribution in [1.29, 1.82) is 0 Å². The van der Waals surface area contributed by atoms with Crippen molar-refractivity contribution >= 4 is 11.3 Å². The second-order valence-corrected chi connectivity index (χ2v) is 5.95. The van der Waals surface area contributed by atoms with Crippen molar-refractivity contribution in [3.63, 3.8) is 0 Å². The predicted molar refractivity (Wildman–Crippen MR) is 76.9 cm³/mol. The van der Waals surface area contributed by atoms with Crippen LogP contribution in [0.3, 0.4) is 0 Å². The SMILES string of the molecule is Fc1ccc([C@H](c2cccs2)N2CCNCC2)c(F)c1F. The van der Waals surface area contributed by atoms with Crippen LogP contribution in [-0.2, 0) is 0 Å². The van der Waals surface area contributed by atoms with Gasteiger partial charge in [-0.25, -0.2) is 13.2 Å². The molecule has 0 bridgehead atoms. The van der Waals surface area contributed by atoms with Crippen molar-refractivity contribution in [2.75, 3.05) is 26.2 Å². The molecule has 1 atom stereocenters. The molecule has 1 N–H and O–H groups in total. The van der Waals surface area contributed by atoms with Crippen molar-refractivity contribution in [3.05, 3.63) is 57.5 Å². The Labute approximate surface area is 125 Å². The van der Waals surface area contributed by atoms with E-state index in [9.17, 15) is 13.2 Å². The second-order valence-electron chi connectivity index (χ2n) is 4.97. The van der Waals surface area contributed by atoms with Gasteiger partial charge in [0.2, 0.25) is 0 Å². The number of piperazine rings is 1. The monoisotopic (exact) mass is 312 g/mol. The first kappa shape index (κ1) is 14.6. The van der Waals surface area contributed by atoms with Crippen LogP contribution >= 0.6 is 11.3 Å². The van der Waals surface area contributed by atoms with E-state index >= 15 is 0 Å². The lowest BCUT2D eigenvalue weighted by molar-refractivity contribution is 0.196.